The zero-order valence-corrected chi connectivity index (χ0v) is 19.1. The molecule has 4 nitrogen and oxygen atoms in total. The van der Waals surface area contributed by atoms with Gasteiger partial charge in [0, 0.05) is 15.7 Å². The molecule has 0 atom stereocenters. The number of rotatable bonds is 7. The average molecular weight is 475 g/mol. The molecule has 0 aliphatic carbocycles. The van der Waals surface area contributed by atoms with E-state index in [0.29, 0.717) is 23.6 Å². The van der Waals surface area contributed by atoms with Gasteiger partial charge in [-0.1, -0.05) is 64.8 Å². The molecule has 0 aliphatic rings. The first-order valence-corrected chi connectivity index (χ1v) is 10.8. The van der Waals surface area contributed by atoms with Crippen LogP contribution in [0.5, 0.6) is 5.75 Å². The molecule has 0 spiro atoms. The molecule has 3 aromatic carbocycles. The molecule has 3 aromatic rings. The van der Waals surface area contributed by atoms with Gasteiger partial charge in [0.2, 0.25) is 0 Å². The molecule has 1 amide bonds. The highest BCUT2D eigenvalue weighted by Crippen LogP contribution is 2.27. The molecule has 0 unspecified atom stereocenters. The first-order chi connectivity index (χ1) is 15.0. The van der Waals surface area contributed by atoms with E-state index in [1.807, 2.05) is 79.7 Å². The number of carbonyl (C=O) groups is 1. The second-order valence-electron chi connectivity index (χ2n) is 7.13. The Kier molecular flexibility index (Phi) is 7.64. The maximum Gasteiger partial charge on any atom is 0.266 e. The quantitative estimate of drug-likeness (QED) is 0.316. The summed E-state index contributed by atoms with van der Waals surface area (Å²) in [5, 5.41) is 12.4. The number of hydrogen-bond acceptors (Lipinski definition) is 3. The fourth-order valence-corrected chi connectivity index (χ4v) is 3.31. The molecule has 0 aliphatic heterocycles. The summed E-state index contributed by atoms with van der Waals surface area (Å²) in [5.74, 6) is 0.132. The highest BCUT2D eigenvalue weighted by molar-refractivity contribution is 9.10. The van der Waals surface area contributed by atoms with Crippen molar-refractivity contribution in [2.24, 2.45) is 0 Å². The lowest BCUT2D eigenvalue weighted by Crippen LogP contribution is -2.13. The van der Waals surface area contributed by atoms with E-state index in [1.165, 1.54) is 11.1 Å². The van der Waals surface area contributed by atoms with E-state index in [-0.39, 0.29) is 5.57 Å². The SMILES string of the molecule is CCc1ccc(NC(=O)/C(C#N)=C/c2cc(Br)ccc2OCc2ccc(C)cc2)cc1. The molecule has 0 saturated heterocycles. The third kappa shape index (κ3) is 6.31. The Hall–Kier alpha value is -3.36. The Morgan fingerprint density at radius 3 is 2.39 bits per heavy atom. The number of carbonyl (C=O) groups excluding carboxylic acids is 1. The maximum atomic E-state index is 12.7. The number of nitrogens with zero attached hydrogens (tertiary/aromatic N) is 1. The number of halogens is 1. The molecule has 156 valence electrons. The van der Waals surface area contributed by atoms with Crippen LogP contribution in [0.4, 0.5) is 5.69 Å². The molecule has 0 bridgehead atoms. The summed E-state index contributed by atoms with van der Waals surface area (Å²) in [7, 11) is 0. The van der Waals surface area contributed by atoms with Crippen LogP contribution in [0.15, 0.2) is 76.8 Å². The third-order valence-corrected chi connectivity index (χ3v) is 5.26. The monoisotopic (exact) mass is 474 g/mol. The number of aryl methyl sites for hydroxylation is 2. The Labute approximate surface area is 191 Å². The van der Waals surface area contributed by atoms with Crippen LogP contribution in [0.25, 0.3) is 6.08 Å². The summed E-state index contributed by atoms with van der Waals surface area (Å²) in [6.45, 7) is 4.50. The van der Waals surface area contributed by atoms with E-state index in [9.17, 15) is 10.1 Å². The molecule has 0 saturated carbocycles. The van der Waals surface area contributed by atoms with Gasteiger partial charge >= 0.3 is 0 Å². The van der Waals surface area contributed by atoms with Gasteiger partial charge in [-0.05, 0) is 60.9 Å². The molecule has 1 N–H and O–H groups in total. The minimum atomic E-state index is -0.462. The van der Waals surface area contributed by atoms with E-state index in [4.69, 9.17) is 4.74 Å². The van der Waals surface area contributed by atoms with Gasteiger partial charge in [0.1, 0.15) is 24.0 Å². The fraction of sp³-hybridized carbons (Fsp3) is 0.154. The highest BCUT2D eigenvalue weighted by Gasteiger charge is 2.12. The number of amides is 1. The van der Waals surface area contributed by atoms with Gasteiger partial charge in [-0.25, -0.2) is 0 Å². The first kappa shape index (κ1) is 22.3. The number of anilines is 1. The highest BCUT2D eigenvalue weighted by atomic mass is 79.9. The lowest BCUT2D eigenvalue weighted by Gasteiger charge is -2.11. The second kappa shape index (κ2) is 10.6. The number of nitriles is 1. The zero-order valence-electron chi connectivity index (χ0n) is 17.5. The molecule has 3 rings (SSSR count). The second-order valence-corrected chi connectivity index (χ2v) is 8.05. The lowest BCUT2D eigenvalue weighted by atomic mass is 10.1. The van der Waals surface area contributed by atoms with Crippen LogP contribution in [-0.4, -0.2) is 5.91 Å². The van der Waals surface area contributed by atoms with Gasteiger partial charge in [-0.15, -0.1) is 0 Å². The van der Waals surface area contributed by atoms with Gasteiger partial charge in [-0.2, -0.15) is 5.26 Å². The van der Waals surface area contributed by atoms with Crippen LogP contribution in [0, 0.1) is 18.3 Å². The van der Waals surface area contributed by atoms with E-state index >= 15 is 0 Å². The topological polar surface area (TPSA) is 62.1 Å². The normalized spacial score (nSPS) is 11.0. The van der Waals surface area contributed by atoms with Crippen molar-refractivity contribution >= 4 is 33.6 Å². The van der Waals surface area contributed by atoms with Gasteiger partial charge in [0.15, 0.2) is 0 Å². The summed E-state index contributed by atoms with van der Waals surface area (Å²) in [4.78, 5) is 12.7. The smallest absolute Gasteiger partial charge is 0.266 e. The van der Waals surface area contributed by atoms with Crippen molar-refractivity contribution in [3.05, 3.63) is 99.0 Å². The summed E-state index contributed by atoms with van der Waals surface area (Å²) in [6, 6.07) is 23.2. The largest absolute Gasteiger partial charge is 0.488 e. The van der Waals surface area contributed by atoms with E-state index in [1.54, 1.807) is 6.08 Å². The van der Waals surface area contributed by atoms with E-state index in [2.05, 4.69) is 28.2 Å². The van der Waals surface area contributed by atoms with Gasteiger partial charge in [-0.3, -0.25) is 4.79 Å². The Balaban J connectivity index is 1.80. The Morgan fingerprint density at radius 1 is 1.06 bits per heavy atom. The number of ether oxygens (including phenoxy) is 1. The van der Waals surface area contributed by atoms with Crippen LogP contribution in [0.1, 0.15) is 29.2 Å². The van der Waals surface area contributed by atoms with Crippen molar-refractivity contribution in [2.75, 3.05) is 5.32 Å². The van der Waals surface area contributed by atoms with Gasteiger partial charge in [0.25, 0.3) is 5.91 Å². The molecule has 0 radical (unpaired) electrons. The van der Waals surface area contributed by atoms with Crippen molar-refractivity contribution in [3.8, 4) is 11.8 Å². The summed E-state index contributed by atoms with van der Waals surface area (Å²) >= 11 is 3.45. The van der Waals surface area contributed by atoms with Crippen LogP contribution in [0.3, 0.4) is 0 Å². The molecule has 5 heteroatoms. The number of nitrogens with one attached hydrogen (secondary N) is 1. The average Bonchev–Trinajstić information content (AvgIpc) is 2.78. The molecule has 0 aromatic heterocycles. The van der Waals surface area contributed by atoms with Crippen molar-refractivity contribution in [1.29, 1.82) is 5.26 Å². The third-order valence-electron chi connectivity index (χ3n) is 4.77. The zero-order chi connectivity index (χ0) is 22.2. The lowest BCUT2D eigenvalue weighted by molar-refractivity contribution is -0.112. The van der Waals surface area contributed by atoms with Crippen molar-refractivity contribution < 1.29 is 9.53 Å². The minimum Gasteiger partial charge on any atom is -0.488 e. The summed E-state index contributed by atoms with van der Waals surface area (Å²) in [5.41, 5.74) is 4.70. The first-order valence-electron chi connectivity index (χ1n) is 9.98. The van der Waals surface area contributed by atoms with Crippen LogP contribution < -0.4 is 10.1 Å². The Bertz CT molecular complexity index is 1130. The predicted octanol–water partition coefficient (Wildman–Crippen LogP) is 6.44. The van der Waals surface area contributed by atoms with Crippen molar-refractivity contribution in [3.63, 3.8) is 0 Å². The van der Waals surface area contributed by atoms with Crippen molar-refractivity contribution in [1.82, 2.24) is 0 Å². The Morgan fingerprint density at radius 2 is 1.74 bits per heavy atom. The number of hydrogen-bond donors (Lipinski definition) is 1. The minimum absolute atomic E-state index is 0.00199. The van der Waals surface area contributed by atoms with Crippen molar-refractivity contribution in [2.45, 2.75) is 26.9 Å². The van der Waals surface area contributed by atoms with Crippen LogP contribution in [0.2, 0.25) is 0 Å². The molecule has 0 fully saturated rings. The van der Waals surface area contributed by atoms with Gasteiger partial charge < -0.3 is 10.1 Å². The molecule has 31 heavy (non-hydrogen) atoms. The standard InChI is InChI=1S/C26H23BrN2O2/c1-3-19-8-11-24(12-9-19)29-26(30)22(16-28)14-21-15-23(27)10-13-25(21)31-17-20-6-4-18(2)5-7-20/h4-15H,3,17H2,1-2H3,(H,29,30)/b22-14+. The summed E-state index contributed by atoms with van der Waals surface area (Å²) < 4.78 is 6.81. The number of benzene rings is 3. The fourth-order valence-electron chi connectivity index (χ4n) is 2.94. The van der Waals surface area contributed by atoms with E-state index in [0.717, 1.165) is 16.5 Å². The maximum absolute atomic E-state index is 12.7. The van der Waals surface area contributed by atoms with E-state index < -0.39 is 5.91 Å². The molecular formula is C26H23BrN2O2. The predicted molar refractivity (Wildman–Crippen MR) is 128 cm³/mol. The summed E-state index contributed by atoms with van der Waals surface area (Å²) in [6.07, 6.45) is 2.47. The van der Waals surface area contributed by atoms with Crippen LogP contribution in [-0.2, 0) is 17.8 Å². The molecule has 0 heterocycles. The van der Waals surface area contributed by atoms with Crippen LogP contribution >= 0.6 is 15.9 Å². The van der Waals surface area contributed by atoms with Gasteiger partial charge in [0.05, 0.1) is 0 Å². The molecular weight excluding hydrogens is 452 g/mol.